The Bertz CT molecular complexity index is 1100. The van der Waals surface area contributed by atoms with Gasteiger partial charge in [0.2, 0.25) is 11.9 Å². The first-order valence-corrected chi connectivity index (χ1v) is 11.3. The van der Waals surface area contributed by atoms with Crippen molar-refractivity contribution in [1.82, 2.24) is 10.3 Å². The maximum absolute atomic E-state index is 13.3. The van der Waals surface area contributed by atoms with Crippen LogP contribution in [0.25, 0.3) is 5.70 Å². The van der Waals surface area contributed by atoms with Crippen LogP contribution in [0, 0.1) is 0 Å². The Hall–Kier alpha value is -2.93. The highest BCUT2D eigenvalue weighted by molar-refractivity contribution is 8.13. The van der Waals surface area contributed by atoms with Crippen molar-refractivity contribution in [3.8, 4) is 0 Å². The average molecular weight is 421 g/mol. The third-order valence-electron chi connectivity index (χ3n) is 5.04. The number of amides is 1. The predicted molar refractivity (Wildman–Crippen MR) is 119 cm³/mol. The number of nitrogens with zero attached hydrogens (tertiary/aromatic N) is 3. The second-order valence-corrected chi connectivity index (χ2v) is 8.30. The molecule has 1 atom stereocenters. The summed E-state index contributed by atoms with van der Waals surface area (Å²) in [5.41, 5.74) is 0.908. The van der Waals surface area contributed by atoms with Gasteiger partial charge in [0.15, 0.2) is 5.17 Å². The van der Waals surface area contributed by atoms with Crippen LogP contribution >= 0.6 is 11.8 Å². The van der Waals surface area contributed by atoms with Gasteiger partial charge in [0, 0.05) is 16.5 Å². The highest BCUT2D eigenvalue weighted by atomic mass is 32.2. The van der Waals surface area contributed by atoms with E-state index >= 15 is 0 Å². The molecule has 30 heavy (non-hydrogen) atoms. The summed E-state index contributed by atoms with van der Waals surface area (Å²) in [4.78, 5) is 30.9. The number of ketones is 1. The van der Waals surface area contributed by atoms with Gasteiger partial charge in [-0.25, -0.2) is 10.0 Å². The summed E-state index contributed by atoms with van der Waals surface area (Å²) >= 11 is 1.51. The normalized spacial score (nSPS) is 17.4. The van der Waals surface area contributed by atoms with Gasteiger partial charge < -0.3 is 0 Å². The van der Waals surface area contributed by atoms with Crippen LogP contribution in [0.2, 0.25) is 0 Å². The van der Waals surface area contributed by atoms with Gasteiger partial charge in [-0.15, -0.1) is 5.10 Å². The number of fused-ring (bicyclic) bond motifs is 2. The van der Waals surface area contributed by atoms with Crippen molar-refractivity contribution in [2.45, 2.75) is 38.8 Å². The third kappa shape index (κ3) is 4.16. The van der Waals surface area contributed by atoms with Crippen LogP contribution in [0.1, 0.15) is 43.0 Å². The monoisotopic (exact) mass is 420 g/mol. The van der Waals surface area contributed by atoms with Crippen molar-refractivity contribution >= 4 is 34.3 Å². The van der Waals surface area contributed by atoms with E-state index in [-0.39, 0.29) is 11.7 Å². The molecule has 6 nitrogen and oxygen atoms in total. The molecule has 1 amide bonds. The molecule has 2 aliphatic rings. The second-order valence-electron chi connectivity index (χ2n) is 7.21. The molecule has 0 aliphatic carbocycles. The number of rotatable bonds is 7. The molecule has 0 saturated heterocycles. The van der Waals surface area contributed by atoms with Gasteiger partial charge in [-0.05, 0) is 12.5 Å². The molecule has 0 radical (unpaired) electrons. The fourth-order valence-corrected chi connectivity index (χ4v) is 4.36. The quantitative estimate of drug-likeness (QED) is 0.552. The van der Waals surface area contributed by atoms with E-state index in [1.165, 1.54) is 29.6 Å². The maximum atomic E-state index is 13.3. The van der Waals surface area contributed by atoms with E-state index in [9.17, 15) is 9.59 Å². The molecule has 0 spiro atoms. The summed E-state index contributed by atoms with van der Waals surface area (Å²) in [5.74, 6) is 0.426. The minimum atomic E-state index is -0.904. The second kappa shape index (κ2) is 9.26. The molecule has 154 valence electrons. The van der Waals surface area contributed by atoms with Crippen LogP contribution in [0.15, 0.2) is 64.7 Å². The molecule has 1 N–H and O–H groups in total. The number of carbonyl (C=O) groups is 2. The van der Waals surface area contributed by atoms with Crippen molar-refractivity contribution in [1.29, 1.82) is 0 Å². The summed E-state index contributed by atoms with van der Waals surface area (Å²) in [7, 11) is 0. The van der Waals surface area contributed by atoms with E-state index in [4.69, 9.17) is 0 Å². The van der Waals surface area contributed by atoms with Crippen LogP contribution in [0.4, 0.5) is 0 Å². The van der Waals surface area contributed by atoms with Gasteiger partial charge >= 0.3 is 0 Å². The highest BCUT2D eigenvalue weighted by Crippen LogP contribution is 2.23. The van der Waals surface area contributed by atoms with Crippen molar-refractivity contribution in [2.24, 2.45) is 10.1 Å². The SMILES string of the molecule is CCCCCCSC1=NN2C(=c3ccccc3=N[C@H]2C(=O)c2ccccc2)C(=O)N1. The molecular weight excluding hydrogens is 396 g/mol. The van der Waals surface area contributed by atoms with Crippen molar-refractivity contribution in [2.75, 3.05) is 5.75 Å². The Labute approximate surface area is 179 Å². The molecule has 0 fully saturated rings. The lowest BCUT2D eigenvalue weighted by molar-refractivity contribution is -0.115. The molecule has 2 heterocycles. The topological polar surface area (TPSA) is 74.1 Å². The standard InChI is InChI=1S/C23H24N4O2S/c1-2-3-4-10-15-30-23-25-22(29)19-17-13-8-9-14-18(17)24-21(27(19)26-23)20(28)16-11-6-5-7-12-16/h5-9,11-14,21H,2-4,10,15H2,1H3,(H,25,26,29)/t21-/m1/s1. The number of thioether (sulfide) groups is 1. The van der Waals surface area contributed by atoms with Gasteiger partial charge in [0.1, 0.15) is 5.70 Å². The van der Waals surface area contributed by atoms with Gasteiger partial charge in [0.05, 0.1) is 5.36 Å². The Balaban J connectivity index is 1.69. The van der Waals surface area contributed by atoms with Crippen molar-refractivity contribution in [3.63, 3.8) is 0 Å². The van der Waals surface area contributed by atoms with E-state index in [0.29, 0.717) is 27.0 Å². The van der Waals surface area contributed by atoms with E-state index < -0.39 is 6.17 Å². The van der Waals surface area contributed by atoms with E-state index in [1.807, 2.05) is 42.5 Å². The Morgan fingerprint density at radius 1 is 1.07 bits per heavy atom. The van der Waals surface area contributed by atoms with E-state index in [2.05, 4.69) is 22.3 Å². The molecule has 0 aromatic heterocycles. The molecule has 0 bridgehead atoms. The summed E-state index contributed by atoms with van der Waals surface area (Å²) in [6.45, 7) is 2.18. The highest BCUT2D eigenvalue weighted by Gasteiger charge is 2.37. The zero-order chi connectivity index (χ0) is 20.9. The van der Waals surface area contributed by atoms with Crippen LogP contribution in [0.3, 0.4) is 0 Å². The van der Waals surface area contributed by atoms with Crippen LogP contribution in [0.5, 0.6) is 0 Å². The average Bonchev–Trinajstić information content (AvgIpc) is 2.78. The molecule has 2 aliphatic heterocycles. The lowest BCUT2D eigenvalue weighted by Crippen LogP contribution is -2.54. The number of unbranched alkanes of at least 4 members (excludes halogenated alkanes) is 3. The number of amidine groups is 1. The van der Waals surface area contributed by atoms with Crippen molar-refractivity contribution < 1.29 is 9.59 Å². The lowest BCUT2D eigenvalue weighted by Gasteiger charge is -2.33. The number of benzene rings is 2. The first-order valence-electron chi connectivity index (χ1n) is 10.3. The van der Waals surface area contributed by atoms with Gasteiger partial charge in [0.25, 0.3) is 5.91 Å². The minimum absolute atomic E-state index is 0.187. The lowest BCUT2D eigenvalue weighted by atomic mass is 10.1. The number of hydrogen-bond acceptors (Lipinski definition) is 6. The molecule has 4 rings (SSSR count). The van der Waals surface area contributed by atoms with E-state index in [0.717, 1.165) is 18.6 Å². The van der Waals surface area contributed by atoms with Crippen LogP contribution < -0.4 is 15.9 Å². The molecule has 2 aromatic rings. The number of para-hydroxylation sites is 1. The Kier molecular flexibility index (Phi) is 6.28. The Morgan fingerprint density at radius 2 is 1.83 bits per heavy atom. The molecule has 2 aromatic carbocycles. The summed E-state index contributed by atoms with van der Waals surface area (Å²) in [6, 6.07) is 16.4. The van der Waals surface area contributed by atoms with E-state index in [1.54, 1.807) is 12.1 Å². The molecule has 7 heteroatoms. The maximum Gasteiger partial charge on any atom is 0.276 e. The van der Waals surface area contributed by atoms with Gasteiger partial charge in [-0.2, -0.15) is 0 Å². The fraction of sp³-hybridized carbons (Fsp3) is 0.304. The number of Topliss-reactive ketones (excluding diaryl/α,β-unsaturated/α-hetero) is 1. The number of hydrogen-bond donors (Lipinski definition) is 1. The van der Waals surface area contributed by atoms with Gasteiger partial charge in [-0.1, -0.05) is 86.5 Å². The number of hydrazone groups is 1. The predicted octanol–water partition coefficient (Wildman–Crippen LogP) is 2.65. The van der Waals surface area contributed by atoms with Gasteiger partial charge in [-0.3, -0.25) is 14.9 Å². The summed E-state index contributed by atoms with van der Waals surface area (Å²) in [5, 5.41) is 10.8. The zero-order valence-electron chi connectivity index (χ0n) is 16.9. The number of carbonyl (C=O) groups excluding carboxylic acids is 2. The first-order chi connectivity index (χ1) is 14.7. The zero-order valence-corrected chi connectivity index (χ0v) is 17.7. The smallest absolute Gasteiger partial charge is 0.276 e. The number of nitrogens with one attached hydrogen (secondary N) is 1. The molecule has 0 unspecified atom stereocenters. The molecule has 0 saturated carbocycles. The first kappa shape index (κ1) is 20.3. The Morgan fingerprint density at radius 3 is 2.63 bits per heavy atom. The fourth-order valence-electron chi connectivity index (χ4n) is 3.51. The minimum Gasteiger partial charge on any atom is -0.298 e. The van der Waals surface area contributed by atoms with Crippen LogP contribution in [-0.4, -0.2) is 33.8 Å². The van der Waals surface area contributed by atoms with Crippen LogP contribution in [-0.2, 0) is 4.79 Å². The largest absolute Gasteiger partial charge is 0.298 e. The summed E-state index contributed by atoms with van der Waals surface area (Å²) in [6.07, 6.45) is 3.69. The summed E-state index contributed by atoms with van der Waals surface area (Å²) < 4.78 is 0. The molecular formula is C23H24N4O2S. The third-order valence-corrected chi connectivity index (χ3v) is 5.99. The van der Waals surface area contributed by atoms with Crippen molar-refractivity contribution in [3.05, 3.63) is 70.7 Å².